The minimum absolute atomic E-state index is 0.171. The number of benzene rings is 1. The lowest BCUT2D eigenvalue weighted by Crippen LogP contribution is -2.43. The van der Waals surface area contributed by atoms with Crippen LogP contribution in [0.4, 0.5) is 9.18 Å². The first-order chi connectivity index (χ1) is 10.6. The largest absolute Gasteiger partial charge is 0.338 e. The number of hydrogen-bond acceptors (Lipinski definition) is 3. The van der Waals surface area contributed by atoms with Crippen molar-refractivity contribution < 1.29 is 14.0 Å². The number of hydroxylamine groups is 1. The first kappa shape index (κ1) is 15.2. The van der Waals surface area contributed by atoms with Crippen molar-refractivity contribution in [2.24, 2.45) is 0 Å². The van der Waals surface area contributed by atoms with Crippen LogP contribution in [-0.2, 0) is 11.4 Å². The molecule has 0 aromatic heterocycles. The van der Waals surface area contributed by atoms with Crippen LogP contribution in [0.1, 0.15) is 31.7 Å². The number of amides is 2. The summed E-state index contributed by atoms with van der Waals surface area (Å²) in [6.45, 7) is 3.34. The van der Waals surface area contributed by atoms with Gasteiger partial charge in [0.05, 0.1) is 6.61 Å². The van der Waals surface area contributed by atoms with Gasteiger partial charge in [0, 0.05) is 24.7 Å². The minimum Gasteiger partial charge on any atom is -0.332 e. The number of nitrogens with one attached hydrogen (secondary N) is 2. The summed E-state index contributed by atoms with van der Waals surface area (Å²) < 4.78 is 12.8. The predicted molar refractivity (Wildman–Crippen MR) is 80.5 cm³/mol. The quantitative estimate of drug-likeness (QED) is 0.820. The molecule has 2 amide bonds. The van der Waals surface area contributed by atoms with E-state index in [2.05, 4.69) is 22.6 Å². The summed E-state index contributed by atoms with van der Waals surface area (Å²) in [7, 11) is 0. The molecule has 2 N–H and O–H groups in total. The van der Waals surface area contributed by atoms with Crippen molar-refractivity contribution in [1.82, 2.24) is 15.7 Å². The highest BCUT2D eigenvalue weighted by Gasteiger charge is 2.39. The van der Waals surface area contributed by atoms with Gasteiger partial charge in [-0.3, -0.25) is 9.74 Å². The Labute approximate surface area is 129 Å². The molecule has 6 heteroatoms. The van der Waals surface area contributed by atoms with Gasteiger partial charge in [-0.05, 0) is 43.9 Å². The summed E-state index contributed by atoms with van der Waals surface area (Å²) in [6.07, 6.45) is 3.54. The molecule has 0 unspecified atom stereocenters. The predicted octanol–water partition coefficient (Wildman–Crippen LogP) is 2.18. The molecule has 1 aliphatic carbocycles. The van der Waals surface area contributed by atoms with Crippen LogP contribution >= 0.6 is 0 Å². The van der Waals surface area contributed by atoms with Crippen molar-refractivity contribution in [3.63, 3.8) is 0 Å². The van der Waals surface area contributed by atoms with Crippen molar-refractivity contribution in [2.75, 3.05) is 6.54 Å². The van der Waals surface area contributed by atoms with E-state index in [9.17, 15) is 9.18 Å². The van der Waals surface area contributed by atoms with E-state index >= 15 is 0 Å². The third-order valence-corrected chi connectivity index (χ3v) is 4.29. The molecule has 1 aromatic carbocycles. The third-order valence-electron chi connectivity index (χ3n) is 4.29. The zero-order valence-electron chi connectivity index (χ0n) is 12.7. The molecule has 5 nitrogen and oxygen atoms in total. The molecule has 1 aromatic rings. The van der Waals surface area contributed by atoms with Crippen molar-refractivity contribution in [3.05, 3.63) is 35.6 Å². The van der Waals surface area contributed by atoms with E-state index < -0.39 is 0 Å². The molecule has 2 fully saturated rings. The summed E-state index contributed by atoms with van der Waals surface area (Å²) in [5.41, 5.74) is 3.19. The van der Waals surface area contributed by atoms with Gasteiger partial charge in [0.1, 0.15) is 5.82 Å². The molecule has 2 aliphatic rings. The number of hydrogen-bond donors (Lipinski definition) is 2. The van der Waals surface area contributed by atoms with Gasteiger partial charge in [-0.1, -0.05) is 12.1 Å². The molecule has 2 atom stereocenters. The minimum atomic E-state index is -0.322. The summed E-state index contributed by atoms with van der Waals surface area (Å²) in [5.74, 6) is -0.287. The average molecular weight is 307 g/mol. The smallest absolute Gasteiger partial charge is 0.332 e. The second-order valence-electron chi connectivity index (χ2n) is 6.20. The maximum absolute atomic E-state index is 12.8. The van der Waals surface area contributed by atoms with Crippen molar-refractivity contribution >= 4 is 6.03 Å². The first-order valence-corrected chi connectivity index (χ1v) is 7.80. The van der Waals surface area contributed by atoms with Gasteiger partial charge in [0.2, 0.25) is 0 Å². The molecule has 3 rings (SSSR count). The lowest BCUT2D eigenvalue weighted by molar-refractivity contribution is 0.0481. The highest BCUT2D eigenvalue weighted by molar-refractivity contribution is 5.73. The summed E-state index contributed by atoms with van der Waals surface area (Å²) in [6, 6.07) is 7.08. The van der Waals surface area contributed by atoms with Crippen LogP contribution in [0.25, 0.3) is 0 Å². The van der Waals surface area contributed by atoms with Gasteiger partial charge in [-0.25, -0.2) is 14.7 Å². The van der Waals surface area contributed by atoms with Crippen molar-refractivity contribution in [3.8, 4) is 0 Å². The molecule has 0 radical (unpaired) electrons. The fraction of sp³-hybridized carbons (Fsp3) is 0.562. The lowest BCUT2D eigenvalue weighted by Gasteiger charge is -2.19. The molecule has 1 aliphatic heterocycles. The normalized spacial score (nSPS) is 25.2. The molecule has 0 bridgehead atoms. The van der Waals surface area contributed by atoms with E-state index in [4.69, 9.17) is 4.84 Å². The van der Waals surface area contributed by atoms with E-state index in [0.717, 1.165) is 24.6 Å². The Kier molecular flexibility index (Phi) is 4.59. The fourth-order valence-electron chi connectivity index (χ4n) is 3.06. The molecule has 1 heterocycles. The van der Waals surface area contributed by atoms with Crippen LogP contribution in [0, 0.1) is 5.82 Å². The Morgan fingerprint density at radius 2 is 2.09 bits per heavy atom. The molecule has 1 saturated carbocycles. The topological polar surface area (TPSA) is 53.6 Å². The maximum atomic E-state index is 12.8. The van der Waals surface area contributed by atoms with Crippen molar-refractivity contribution in [2.45, 2.75) is 50.9 Å². The molecular formula is C16H22FN3O2. The van der Waals surface area contributed by atoms with Gasteiger partial charge in [0.25, 0.3) is 0 Å². The Bertz CT molecular complexity index is 519. The summed E-state index contributed by atoms with van der Waals surface area (Å²) >= 11 is 0. The number of rotatable bonds is 5. The second kappa shape index (κ2) is 6.62. The van der Waals surface area contributed by atoms with Gasteiger partial charge in [0.15, 0.2) is 0 Å². The van der Waals surface area contributed by atoms with Crippen LogP contribution < -0.4 is 10.8 Å². The van der Waals surface area contributed by atoms with Crippen LogP contribution in [-0.4, -0.2) is 35.6 Å². The number of nitrogens with zero attached hydrogens (tertiary/aromatic N) is 1. The van der Waals surface area contributed by atoms with Crippen LogP contribution in [0.15, 0.2) is 24.3 Å². The Balaban J connectivity index is 1.36. The Morgan fingerprint density at radius 1 is 1.36 bits per heavy atom. The van der Waals surface area contributed by atoms with E-state index in [0.29, 0.717) is 6.04 Å². The van der Waals surface area contributed by atoms with E-state index in [-0.39, 0.29) is 24.5 Å². The van der Waals surface area contributed by atoms with Gasteiger partial charge >= 0.3 is 6.03 Å². The molecule has 0 spiro atoms. The lowest BCUT2D eigenvalue weighted by atomic mass is 10.2. The zero-order chi connectivity index (χ0) is 15.5. The number of carbonyl (C=O) groups is 1. The van der Waals surface area contributed by atoms with Gasteiger partial charge < -0.3 is 5.32 Å². The SMILES string of the molecule is C[C@@H]1C[C@H](NC(=O)NOCc2ccc(F)cc2)CN1C1CC1. The van der Waals surface area contributed by atoms with Crippen LogP contribution in [0.3, 0.4) is 0 Å². The molecule has 120 valence electrons. The number of carbonyl (C=O) groups excluding carboxylic acids is 1. The van der Waals surface area contributed by atoms with Crippen molar-refractivity contribution in [1.29, 1.82) is 0 Å². The number of halogens is 1. The molecular weight excluding hydrogens is 285 g/mol. The summed E-state index contributed by atoms with van der Waals surface area (Å²) in [5, 5.41) is 2.94. The first-order valence-electron chi connectivity index (χ1n) is 7.80. The monoisotopic (exact) mass is 307 g/mol. The Morgan fingerprint density at radius 3 is 2.77 bits per heavy atom. The highest BCUT2D eigenvalue weighted by atomic mass is 19.1. The third kappa shape index (κ3) is 3.96. The number of urea groups is 1. The van der Waals surface area contributed by atoms with Crippen LogP contribution in [0.2, 0.25) is 0 Å². The van der Waals surface area contributed by atoms with Crippen LogP contribution in [0.5, 0.6) is 0 Å². The Hall–Kier alpha value is -1.66. The fourth-order valence-corrected chi connectivity index (χ4v) is 3.06. The molecule has 22 heavy (non-hydrogen) atoms. The maximum Gasteiger partial charge on any atom is 0.338 e. The second-order valence-corrected chi connectivity index (χ2v) is 6.20. The molecule has 1 saturated heterocycles. The van der Waals surface area contributed by atoms with E-state index in [1.54, 1.807) is 12.1 Å². The van der Waals surface area contributed by atoms with E-state index in [1.807, 2.05) is 0 Å². The van der Waals surface area contributed by atoms with Gasteiger partial charge in [-0.15, -0.1) is 0 Å². The van der Waals surface area contributed by atoms with Gasteiger partial charge in [-0.2, -0.15) is 0 Å². The standard InChI is InChI=1S/C16H22FN3O2/c1-11-8-14(9-20(11)15-6-7-15)18-16(21)19-22-10-12-2-4-13(17)5-3-12/h2-5,11,14-15H,6-10H2,1H3,(H2,18,19,21)/t11-,14+/m1/s1. The average Bonchev–Trinajstić information content (AvgIpc) is 3.26. The number of likely N-dealkylation sites (tertiary alicyclic amines) is 1. The van der Waals surface area contributed by atoms with E-state index in [1.165, 1.54) is 25.0 Å². The summed E-state index contributed by atoms with van der Waals surface area (Å²) in [4.78, 5) is 19.4. The highest BCUT2D eigenvalue weighted by Crippen LogP contribution is 2.33. The zero-order valence-corrected chi connectivity index (χ0v) is 12.7.